The van der Waals surface area contributed by atoms with Gasteiger partial charge in [-0.25, -0.2) is 0 Å². The SMILES string of the molecule is CCCCCCCCCCCCCCCCCCN(C(=O)CCCCCCCCCCC)C(=O)[C@@H]1O[C@H](C(O)C(=O)CC(=O)CCC(=O)CCCC)[C@@H](O)[C@H](O)[C@H]1O. The molecule has 338 valence electrons. The molecule has 0 aromatic heterocycles. The standard InChI is InChI=1S/C47H85NO10/c1-4-7-10-12-14-16-17-18-19-20-21-22-24-26-28-30-35-48(40(52)32-29-27-25-23-15-13-11-8-5-2)47(57)46-44(56)42(54)43(55)45(58-46)41(53)39(51)36-38(50)34-33-37(49)31-9-6-3/h41-46,53-56H,4-36H2,1-3H3/t41?,42-,43-,44+,45+,46+/m0/s1. The highest BCUT2D eigenvalue weighted by molar-refractivity contribution is 6.02. The number of rotatable bonds is 38. The summed E-state index contributed by atoms with van der Waals surface area (Å²) < 4.78 is 5.67. The normalized spacial score (nSPS) is 19.9. The second-order valence-electron chi connectivity index (χ2n) is 17.0. The smallest absolute Gasteiger partial charge is 0.261 e. The zero-order valence-electron chi connectivity index (χ0n) is 37.0. The van der Waals surface area contributed by atoms with Gasteiger partial charge >= 0.3 is 0 Å². The molecule has 11 nitrogen and oxygen atoms in total. The van der Waals surface area contributed by atoms with Crippen molar-refractivity contribution in [2.75, 3.05) is 6.54 Å². The Morgan fingerprint density at radius 2 is 0.897 bits per heavy atom. The Kier molecular flexibility index (Phi) is 32.2. The maximum Gasteiger partial charge on any atom is 0.261 e. The molecule has 1 saturated heterocycles. The molecule has 4 N–H and O–H groups in total. The minimum atomic E-state index is -2.10. The molecule has 1 aliphatic rings. The number of aliphatic hydroxyl groups is 4. The fourth-order valence-electron chi connectivity index (χ4n) is 7.77. The summed E-state index contributed by atoms with van der Waals surface area (Å²) in [5.41, 5.74) is 0. The Morgan fingerprint density at radius 3 is 1.36 bits per heavy atom. The first kappa shape index (κ1) is 54.0. The van der Waals surface area contributed by atoms with Gasteiger partial charge in [-0.2, -0.15) is 0 Å². The number of Topliss-reactive ketones (excluding diaryl/α,β-unsaturated/α-hetero) is 3. The third kappa shape index (κ3) is 23.7. The van der Waals surface area contributed by atoms with Crippen molar-refractivity contribution < 1.29 is 49.1 Å². The molecular weight excluding hydrogens is 739 g/mol. The molecule has 0 radical (unpaired) electrons. The number of hydrogen-bond acceptors (Lipinski definition) is 10. The van der Waals surface area contributed by atoms with Crippen LogP contribution in [-0.2, 0) is 28.7 Å². The molecule has 58 heavy (non-hydrogen) atoms. The number of nitrogens with zero attached hydrogens (tertiary/aromatic N) is 1. The van der Waals surface area contributed by atoms with E-state index in [1.165, 1.54) is 96.3 Å². The van der Waals surface area contributed by atoms with Crippen LogP contribution in [0, 0.1) is 0 Å². The van der Waals surface area contributed by atoms with E-state index < -0.39 is 66.4 Å². The number of amides is 2. The molecule has 1 heterocycles. The van der Waals surface area contributed by atoms with E-state index in [0.717, 1.165) is 62.7 Å². The highest BCUT2D eigenvalue weighted by Gasteiger charge is 2.51. The van der Waals surface area contributed by atoms with Crippen LogP contribution in [0.1, 0.15) is 226 Å². The first-order chi connectivity index (χ1) is 28.0. The third-order valence-electron chi connectivity index (χ3n) is 11.7. The predicted molar refractivity (Wildman–Crippen MR) is 229 cm³/mol. The van der Waals surface area contributed by atoms with Crippen LogP contribution in [0.2, 0.25) is 0 Å². The van der Waals surface area contributed by atoms with Crippen LogP contribution in [0.4, 0.5) is 0 Å². The van der Waals surface area contributed by atoms with E-state index in [0.29, 0.717) is 25.7 Å². The fraction of sp³-hybridized carbons (Fsp3) is 0.894. The number of ketones is 3. The Morgan fingerprint density at radius 1 is 0.483 bits per heavy atom. The Balaban J connectivity index is 2.76. The van der Waals surface area contributed by atoms with Gasteiger partial charge in [0.25, 0.3) is 5.91 Å². The summed E-state index contributed by atoms with van der Waals surface area (Å²) in [6, 6.07) is 0. The summed E-state index contributed by atoms with van der Waals surface area (Å²) in [5.74, 6) is -2.98. The molecule has 0 aliphatic carbocycles. The molecule has 0 saturated carbocycles. The molecule has 6 atom stereocenters. The van der Waals surface area contributed by atoms with Crippen LogP contribution < -0.4 is 0 Å². The summed E-state index contributed by atoms with van der Waals surface area (Å²) in [7, 11) is 0. The molecule has 0 bridgehead atoms. The number of aliphatic hydroxyl groups excluding tert-OH is 4. The van der Waals surface area contributed by atoms with Crippen molar-refractivity contribution >= 4 is 29.2 Å². The number of unbranched alkanes of at least 4 members (excludes halogenated alkanes) is 24. The van der Waals surface area contributed by atoms with Crippen LogP contribution in [0.15, 0.2) is 0 Å². The van der Waals surface area contributed by atoms with Crippen molar-refractivity contribution in [1.82, 2.24) is 4.90 Å². The number of carbonyl (C=O) groups excluding carboxylic acids is 5. The summed E-state index contributed by atoms with van der Waals surface area (Å²) in [6.07, 6.45) is 18.0. The van der Waals surface area contributed by atoms with Crippen LogP contribution >= 0.6 is 0 Å². The maximum absolute atomic E-state index is 14.0. The summed E-state index contributed by atoms with van der Waals surface area (Å²) in [4.78, 5) is 66.0. The van der Waals surface area contributed by atoms with Crippen molar-refractivity contribution in [1.29, 1.82) is 0 Å². The van der Waals surface area contributed by atoms with Crippen molar-refractivity contribution in [3.05, 3.63) is 0 Å². The lowest BCUT2D eigenvalue weighted by Crippen LogP contribution is -2.65. The van der Waals surface area contributed by atoms with Gasteiger partial charge < -0.3 is 25.2 Å². The average Bonchev–Trinajstić information content (AvgIpc) is 3.21. The topological polar surface area (TPSA) is 179 Å². The van der Waals surface area contributed by atoms with E-state index in [2.05, 4.69) is 13.8 Å². The lowest BCUT2D eigenvalue weighted by atomic mass is 9.89. The highest BCUT2D eigenvalue weighted by Crippen LogP contribution is 2.27. The van der Waals surface area contributed by atoms with Gasteiger partial charge in [0.05, 0.1) is 6.42 Å². The zero-order chi connectivity index (χ0) is 43.0. The van der Waals surface area contributed by atoms with Gasteiger partial charge in [-0.15, -0.1) is 0 Å². The van der Waals surface area contributed by atoms with Crippen LogP contribution in [0.5, 0.6) is 0 Å². The highest BCUT2D eigenvalue weighted by atomic mass is 16.6. The molecule has 0 aromatic carbocycles. The van der Waals surface area contributed by atoms with Crippen molar-refractivity contribution in [2.24, 2.45) is 0 Å². The number of ether oxygens (including phenoxy) is 1. The first-order valence-electron chi connectivity index (χ1n) is 23.8. The monoisotopic (exact) mass is 824 g/mol. The van der Waals surface area contributed by atoms with Crippen LogP contribution in [-0.4, -0.2) is 97.7 Å². The van der Waals surface area contributed by atoms with Crippen molar-refractivity contribution in [2.45, 2.75) is 263 Å². The minimum Gasteiger partial charge on any atom is -0.387 e. The van der Waals surface area contributed by atoms with E-state index in [-0.39, 0.29) is 31.6 Å². The van der Waals surface area contributed by atoms with Gasteiger partial charge in [0.1, 0.15) is 42.1 Å². The van der Waals surface area contributed by atoms with Crippen molar-refractivity contribution in [3.8, 4) is 0 Å². The Hall–Kier alpha value is -2.05. The fourth-order valence-corrected chi connectivity index (χ4v) is 7.77. The van der Waals surface area contributed by atoms with E-state index >= 15 is 0 Å². The van der Waals surface area contributed by atoms with Crippen LogP contribution in [0.25, 0.3) is 0 Å². The second-order valence-corrected chi connectivity index (χ2v) is 17.0. The van der Waals surface area contributed by atoms with E-state index in [1.54, 1.807) is 0 Å². The summed E-state index contributed by atoms with van der Waals surface area (Å²) in [6.45, 7) is 6.48. The average molecular weight is 824 g/mol. The third-order valence-corrected chi connectivity index (χ3v) is 11.7. The molecule has 1 fully saturated rings. The molecule has 1 unspecified atom stereocenters. The molecule has 0 spiro atoms. The molecule has 11 heteroatoms. The zero-order valence-corrected chi connectivity index (χ0v) is 37.0. The predicted octanol–water partition coefficient (Wildman–Crippen LogP) is 8.80. The molecule has 1 rings (SSSR count). The first-order valence-corrected chi connectivity index (χ1v) is 23.8. The minimum absolute atomic E-state index is 0.0193. The number of imide groups is 1. The van der Waals surface area contributed by atoms with Gasteiger partial charge in [-0.3, -0.25) is 28.9 Å². The van der Waals surface area contributed by atoms with Gasteiger partial charge in [-0.05, 0) is 19.3 Å². The van der Waals surface area contributed by atoms with E-state index in [9.17, 15) is 44.4 Å². The van der Waals surface area contributed by atoms with Crippen molar-refractivity contribution in [3.63, 3.8) is 0 Å². The second kappa shape index (κ2) is 34.6. The largest absolute Gasteiger partial charge is 0.387 e. The maximum atomic E-state index is 14.0. The molecule has 0 aromatic rings. The van der Waals surface area contributed by atoms with Gasteiger partial charge in [0.15, 0.2) is 11.9 Å². The van der Waals surface area contributed by atoms with Gasteiger partial charge in [0, 0.05) is 32.2 Å². The quantitative estimate of drug-likeness (QED) is 0.0347. The van der Waals surface area contributed by atoms with Gasteiger partial charge in [0.2, 0.25) is 5.91 Å². The molecule has 1 aliphatic heterocycles. The lowest BCUT2D eigenvalue weighted by Gasteiger charge is -2.42. The Labute approximate surface area is 351 Å². The molecular formula is C47H85NO10. The van der Waals surface area contributed by atoms with E-state index in [4.69, 9.17) is 4.74 Å². The number of hydrogen-bond donors (Lipinski definition) is 4. The van der Waals surface area contributed by atoms with E-state index in [1.807, 2.05) is 6.92 Å². The summed E-state index contributed by atoms with van der Waals surface area (Å²) >= 11 is 0. The Bertz CT molecular complexity index is 1120. The number of carbonyl (C=O) groups is 5. The van der Waals surface area contributed by atoms with Crippen LogP contribution in [0.3, 0.4) is 0 Å². The summed E-state index contributed by atoms with van der Waals surface area (Å²) in [5, 5.41) is 43.2. The molecule has 2 amide bonds. The van der Waals surface area contributed by atoms with Gasteiger partial charge in [-0.1, -0.05) is 175 Å². The lowest BCUT2D eigenvalue weighted by molar-refractivity contribution is -0.240.